The molecule has 0 aliphatic rings. The van der Waals surface area contributed by atoms with Crippen molar-refractivity contribution in [3.8, 4) is 0 Å². The molecule has 5 nitrogen and oxygen atoms in total. The van der Waals surface area contributed by atoms with E-state index >= 15 is 0 Å². The average molecular weight is 386 g/mol. The number of sulfonamides is 1. The normalized spacial score (nSPS) is 12.1. The van der Waals surface area contributed by atoms with Crippen LogP contribution in [0.2, 0.25) is 5.02 Å². The van der Waals surface area contributed by atoms with E-state index in [1.807, 2.05) is 0 Å². The highest BCUT2D eigenvalue weighted by Crippen LogP contribution is 2.32. The number of hydrogen-bond acceptors (Lipinski definition) is 4. The number of rotatable bonds is 7. The Morgan fingerprint density at radius 1 is 1.35 bits per heavy atom. The highest BCUT2D eigenvalue weighted by Gasteiger charge is 2.24. The van der Waals surface area contributed by atoms with E-state index in [4.69, 9.17) is 22.4 Å². The molecule has 0 atom stereocenters. The summed E-state index contributed by atoms with van der Waals surface area (Å²) in [4.78, 5) is 0.0622. The lowest BCUT2D eigenvalue weighted by molar-refractivity contribution is 0.281. The molecule has 20 heavy (non-hydrogen) atoms. The van der Waals surface area contributed by atoms with Crippen molar-refractivity contribution in [3.63, 3.8) is 0 Å². The molecule has 0 spiro atoms. The number of aliphatic hydroxyl groups excluding tert-OH is 1. The summed E-state index contributed by atoms with van der Waals surface area (Å²) in [5, 5.41) is 8.98. The zero-order valence-corrected chi connectivity index (χ0v) is 14.3. The topological polar surface area (TPSA) is 83.6 Å². The number of benzene rings is 1. The van der Waals surface area contributed by atoms with Gasteiger partial charge in [-0.2, -0.15) is 0 Å². The van der Waals surface area contributed by atoms with Gasteiger partial charge in [-0.05, 0) is 47.3 Å². The number of nitrogens with zero attached hydrogens (tertiary/aromatic N) is 1. The van der Waals surface area contributed by atoms with Crippen molar-refractivity contribution in [1.29, 1.82) is 0 Å². The Bertz CT molecular complexity index is 566. The first-order valence-corrected chi connectivity index (χ1v) is 8.73. The lowest BCUT2D eigenvalue weighted by Gasteiger charge is -2.18. The number of nitrogen functional groups attached to an aromatic ring is 1. The van der Waals surface area contributed by atoms with Crippen LogP contribution in [-0.2, 0) is 10.0 Å². The van der Waals surface area contributed by atoms with Gasteiger partial charge in [0.15, 0.2) is 0 Å². The van der Waals surface area contributed by atoms with Crippen molar-refractivity contribution in [2.75, 3.05) is 25.9 Å². The highest BCUT2D eigenvalue weighted by atomic mass is 79.9. The molecule has 1 aromatic rings. The number of hydrogen-bond donors (Lipinski definition) is 2. The molecule has 1 rings (SSSR count). The quantitative estimate of drug-likeness (QED) is 0.558. The van der Waals surface area contributed by atoms with Crippen LogP contribution in [0.4, 0.5) is 5.69 Å². The minimum absolute atomic E-state index is 0.0622. The minimum Gasteiger partial charge on any atom is -0.398 e. The van der Waals surface area contributed by atoms with Crippen LogP contribution in [0.3, 0.4) is 0 Å². The van der Waals surface area contributed by atoms with Crippen LogP contribution in [0.25, 0.3) is 0 Å². The van der Waals surface area contributed by atoms with Gasteiger partial charge in [-0.1, -0.05) is 11.6 Å². The number of aliphatic hydroxyl groups is 1. The second-order valence-electron chi connectivity index (χ2n) is 4.42. The predicted octanol–water partition coefficient (Wildman–Crippen LogP) is 2.47. The maximum Gasteiger partial charge on any atom is 0.244 e. The highest BCUT2D eigenvalue weighted by molar-refractivity contribution is 9.10. The molecule has 0 saturated carbocycles. The van der Waals surface area contributed by atoms with Gasteiger partial charge in [-0.3, -0.25) is 0 Å². The third kappa shape index (κ3) is 4.33. The van der Waals surface area contributed by atoms with Crippen molar-refractivity contribution >= 4 is 43.2 Å². The Morgan fingerprint density at radius 3 is 2.60 bits per heavy atom. The maximum absolute atomic E-state index is 12.5. The molecule has 114 valence electrons. The molecule has 8 heteroatoms. The predicted molar refractivity (Wildman–Crippen MR) is 84.3 cm³/mol. The van der Waals surface area contributed by atoms with Crippen LogP contribution in [0, 0.1) is 0 Å². The lowest BCUT2D eigenvalue weighted by atomic mass is 10.2. The van der Waals surface area contributed by atoms with Gasteiger partial charge >= 0.3 is 0 Å². The van der Waals surface area contributed by atoms with Crippen molar-refractivity contribution in [2.24, 2.45) is 0 Å². The van der Waals surface area contributed by atoms with Crippen LogP contribution < -0.4 is 5.73 Å². The molecule has 0 heterocycles. The number of halogens is 2. The third-order valence-corrected chi connectivity index (χ3v) is 6.10. The Kier molecular flexibility index (Phi) is 6.74. The second kappa shape index (κ2) is 7.61. The Labute approximate surface area is 132 Å². The van der Waals surface area contributed by atoms with E-state index in [9.17, 15) is 8.42 Å². The minimum atomic E-state index is -3.64. The van der Waals surface area contributed by atoms with E-state index in [2.05, 4.69) is 15.9 Å². The summed E-state index contributed by atoms with van der Waals surface area (Å²) in [6.07, 6.45) is 2.13. The lowest BCUT2D eigenvalue weighted by Crippen LogP contribution is -2.28. The van der Waals surface area contributed by atoms with Crippen molar-refractivity contribution < 1.29 is 13.5 Å². The zero-order chi connectivity index (χ0) is 15.3. The van der Waals surface area contributed by atoms with Crippen molar-refractivity contribution in [2.45, 2.75) is 24.2 Å². The SMILES string of the molecule is CN(CCCCCO)S(=O)(=O)c1cc(Cl)cc(N)c1Br. The van der Waals surface area contributed by atoms with Crippen LogP contribution in [0.1, 0.15) is 19.3 Å². The number of unbranched alkanes of at least 4 members (excludes halogenated alkanes) is 2. The third-order valence-electron chi connectivity index (χ3n) is 2.85. The van der Waals surface area contributed by atoms with Crippen LogP contribution in [0.15, 0.2) is 21.5 Å². The Morgan fingerprint density at radius 2 is 2.00 bits per heavy atom. The fraction of sp³-hybridized carbons (Fsp3) is 0.500. The van der Waals surface area contributed by atoms with Crippen LogP contribution in [-0.4, -0.2) is 38.0 Å². The molecule has 0 aromatic heterocycles. The second-order valence-corrected chi connectivity index (χ2v) is 7.66. The molecule has 0 aliphatic carbocycles. The fourth-order valence-electron chi connectivity index (χ4n) is 1.68. The molecule has 0 fully saturated rings. The molecule has 0 saturated heterocycles. The molecule has 0 aliphatic heterocycles. The van der Waals surface area contributed by atoms with E-state index in [-0.39, 0.29) is 22.2 Å². The van der Waals surface area contributed by atoms with E-state index in [0.717, 1.165) is 6.42 Å². The van der Waals surface area contributed by atoms with Gasteiger partial charge < -0.3 is 10.8 Å². The molecular formula is C12H18BrClN2O3S. The van der Waals surface area contributed by atoms with E-state index < -0.39 is 10.0 Å². The summed E-state index contributed by atoms with van der Waals surface area (Å²) >= 11 is 9.06. The van der Waals surface area contributed by atoms with Crippen molar-refractivity contribution in [3.05, 3.63) is 21.6 Å². The van der Waals surface area contributed by atoms with Gasteiger partial charge in [0, 0.05) is 30.9 Å². The molecule has 0 radical (unpaired) electrons. The van der Waals surface area contributed by atoms with Gasteiger partial charge in [-0.15, -0.1) is 0 Å². The number of nitrogens with two attached hydrogens (primary N) is 1. The molecule has 3 N–H and O–H groups in total. The molecular weight excluding hydrogens is 368 g/mol. The fourth-order valence-corrected chi connectivity index (χ4v) is 4.14. The average Bonchev–Trinajstić information content (AvgIpc) is 2.38. The monoisotopic (exact) mass is 384 g/mol. The summed E-state index contributed by atoms with van der Waals surface area (Å²) in [5.41, 5.74) is 6.00. The largest absolute Gasteiger partial charge is 0.398 e. The first-order valence-electron chi connectivity index (χ1n) is 6.12. The molecule has 0 bridgehead atoms. The number of anilines is 1. The summed E-state index contributed by atoms with van der Waals surface area (Å²) in [5.74, 6) is 0. The van der Waals surface area contributed by atoms with Crippen LogP contribution in [0.5, 0.6) is 0 Å². The van der Waals surface area contributed by atoms with Gasteiger partial charge in [0.2, 0.25) is 10.0 Å². The smallest absolute Gasteiger partial charge is 0.244 e. The zero-order valence-electron chi connectivity index (χ0n) is 11.1. The van der Waals surface area contributed by atoms with Gasteiger partial charge in [0.05, 0.1) is 9.37 Å². The molecule has 1 aromatic carbocycles. The summed E-state index contributed by atoms with van der Waals surface area (Å²) < 4.78 is 26.5. The Balaban J connectivity index is 2.93. The maximum atomic E-state index is 12.5. The summed E-state index contributed by atoms with van der Waals surface area (Å²) in [6.45, 7) is 0.494. The summed E-state index contributed by atoms with van der Waals surface area (Å²) in [6, 6.07) is 2.87. The standard InChI is InChI=1S/C12H18BrClN2O3S/c1-16(5-3-2-4-6-17)20(18,19)11-8-9(14)7-10(15)12(11)13/h7-8,17H,2-6,15H2,1H3. The van der Waals surface area contributed by atoms with E-state index in [0.29, 0.717) is 23.9 Å². The van der Waals surface area contributed by atoms with E-state index in [1.165, 1.54) is 23.5 Å². The molecule has 0 unspecified atom stereocenters. The van der Waals surface area contributed by atoms with Gasteiger partial charge in [0.25, 0.3) is 0 Å². The first-order chi connectivity index (χ1) is 9.30. The Hall–Kier alpha value is -0.340. The van der Waals surface area contributed by atoms with E-state index in [1.54, 1.807) is 0 Å². The van der Waals surface area contributed by atoms with Crippen molar-refractivity contribution in [1.82, 2.24) is 4.31 Å². The van der Waals surface area contributed by atoms with Crippen LogP contribution >= 0.6 is 27.5 Å². The first kappa shape index (κ1) is 17.7. The summed E-state index contributed by atoms with van der Waals surface area (Å²) in [7, 11) is -2.13. The molecule has 0 amide bonds. The van der Waals surface area contributed by atoms with Gasteiger partial charge in [-0.25, -0.2) is 12.7 Å². The van der Waals surface area contributed by atoms with Gasteiger partial charge in [0.1, 0.15) is 0 Å².